The van der Waals surface area contributed by atoms with Crippen molar-refractivity contribution in [3.8, 4) is 11.5 Å². The molecule has 0 saturated heterocycles. The highest BCUT2D eigenvalue weighted by Gasteiger charge is 2.34. The Labute approximate surface area is 187 Å². The summed E-state index contributed by atoms with van der Waals surface area (Å²) in [7, 11) is -3.32. The lowest BCUT2D eigenvalue weighted by molar-refractivity contribution is 0.0689. The molecule has 178 valence electrons. The quantitative estimate of drug-likeness (QED) is 0.430. The van der Waals surface area contributed by atoms with Crippen LogP contribution in [0.15, 0.2) is 18.2 Å². The minimum atomic E-state index is -3.32. The molecule has 0 amide bonds. The SMILES string of the molecule is CCCCOc1ccc2c(c1)C(CCN(CCCOCCO)S(C)(=O)=O)CC(C)(C)O2. The predicted octanol–water partition coefficient (Wildman–Crippen LogP) is 3.56. The molecule has 1 unspecified atom stereocenters. The molecule has 1 aromatic rings. The van der Waals surface area contributed by atoms with E-state index in [-0.39, 0.29) is 24.7 Å². The molecule has 0 saturated carbocycles. The van der Waals surface area contributed by atoms with Gasteiger partial charge in [0, 0.05) is 25.3 Å². The molecule has 0 fully saturated rings. The molecule has 2 rings (SSSR count). The highest BCUT2D eigenvalue weighted by atomic mass is 32.2. The molecular weight excluding hydrogens is 418 g/mol. The Balaban J connectivity index is 2.08. The normalized spacial score (nSPS) is 17.9. The number of ether oxygens (including phenoxy) is 3. The molecule has 0 radical (unpaired) electrons. The molecule has 0 aliphatic carbocycles. The zero-order chi connectivity index (χ0) is 22.9. The van der Waals surface area contributed by atoms with Crippen molar-refractivity contribution in [2.75, 3.05) is 45.8 Å². The summed E-state index contributed by atoms with van der Waals surface area (Å²) in [5.41, 5.74) is 0.782. The van der Waals surface area contributed by atoms with Gasteiger partial charge in [-0.2, -0.15) is 0 Å². The lowest BCUT2D eigenvalue weighted by Gasteiger charge is -2.38. The topological polar surface area (TPSA) is 85.3 Å². The number of sulfonamides is 1. The van der Waals surface area contributed by atoms with Crippen LogP contribution < -0.4 is 9.47 Å². The first-order valence-electron chi connectivity index (χ1n) is 11.3. The van der Waals surface area contributed by atoms with Crippen molar-refractivity contribution in [1.29, 1.82) is 0 Å². The first kappa shape index (κ1) is 25.9. The highest BCUT2D eigenvalue weighted by Crippen LogP contribution is 2.44. The van der Waals surface area contributed by atoms with Gasteiger partial charge in [-0.3, -0.25) is 0 Å². The number of aliphatic hydroxyl groups is 1. The Morgan fingerprint density at radius 2 is 1.97 bits per heavy atom. The van der Waals surface area contributed by atoms with E-state index in [0.717, 1.165) is 36.3 Å². The summed E-state index contributed by atoms with van der Waals surface area (Å²) >= 11 is 0. The van der Waals surface area contributed by atoms with Gasteiger partial charge >= 0.3 is 0 Å². The van der Waals surface area contributed by atoms with Crippen LogP contribution in [0, 0.1) is 0 Å². The summed E-state index contributed by atoms with van der Waals surface area (Å²) in [6.45, 7) is 8.49. The number of rotatable bonds is 14. The summed E-state index contributed by atoms with van der Waals surface area (Å²) in [6.07, 6.45) is 5.46. The molecule has 1 aliphatic rings. The van der Waals surface area contributed by atoms with Crippen LogP contribution in [0.4, 0.5) is 0 Å². The number of benzene rings is 1. The first-order chi connectivity index (χ1) is 14.7. The standard InChI is InChI=1S/C23H39NO6S/c1-5-6-15-29-20-8-9-22-21(17-20)19(18-23(2,3)30-22)10-12-24(31(4,26)27)11-7-14-28-16-13-25/h8-9,17,19,25H,5-7,10-16,18H2,1-4H3. The Kier molecular flexibility index (Phi) is 10.1. The highest BCUT2D eigenvalue weighted by molar-refractivity contribution is 7.88. The average Bonchev–Trinajstić information content (AvgIpc) is 2.68. The number of fused-ring (bicyclic) bond motifs is 1. The van der Waals surface area contributed by atoms with Crippen LogP contribution in [-0.2, 0) is 14.8 Å². The van der Waals surface area contributed by atoms with E-state index in [1.54, 1.807) is 0 Å². The molecule has 1 heterocycles. The van der Waals surface area contributed by atoms with Crippen molar-refractivity contribution in [3.63, 3.8) is 0 Å². The second-order valence-electron chi connectivity index (χ2n) is 8.80. The molecule has 8 heteroatoms. The van der Waals surface area contributed by atoms with Crippen LogP contribution in [0.1, 0.15) is 64.4 Å². The van der Waals surface area contributed by atoms with E-state index in [2.05, 4.69) is 26.8 Å². The maximum atomic E-state index is 12.3. The molecule has 1 atom stereocenters. The lowest BCUT2D eigenvalue weighted by Crippen LogP contribution is -2.37. The van der Waals surface area contributed by atoms with E-state index in [0.29, 0.717) is 39.1 Å². The van der Waals surface area contributed by atoms with Gasteiger partial charge in [0.25, 0.3) is 0 Å². The zero-order valence-electron chi connectivity index (χ0n) is 19.4. The van der Waals surface area contributed by atoms with E-state index < -0.39 is 10.0 Å². The van der Waals surface area contributed by atoms with Crippen LogP contribution >= 0.6 is 0 Å². The fourth-order valence-electron chi connectivity index (χ4n) is 3.92. The minimum Gasteiger partial charge on any atom is -0.494 e. The number of aliphatic hydroxyl groups excluding tert-OH is 1. The smallest absolute Gasteiger partial charge is 0.211 e. The monoisotopic (exact) mass is 457 g/mol. The van der Waals surface area contributed by atoms with Gasteiger partial charge in [-0.05, 0) is 63.6 Å². The molecule has 0 spiro atoms. The van der Waals surface area contributed by atoms with Gasteiger partial charge < -0.3 is 19.3 Å². The fraction of sp³-hybridized carbons (Fsp3) is 0.739. The second kappa shape index (κ2) is 12.0. The van der Waals surface area contributed by atoms with Gasteiger partial charge in [-0.1, -0.05) is 13.3 Å². The molecular formula is C23H39NO6S. The lowest BCUT2D eigenvalue weighted by atomic mass is 9.82. The molecule has 7 nitrogen and oxygen atoms in total. The molecule has 0 bridgehead atoms. The van der Waals surface area contributed by atoms with Crippen LogP contribution in [0.3, 0.4) is 0 Å². The molecule has 1 aliphatic heterocycles. The largest absolute Gasteiger partial charge is 0.494 e. The maximum Gasteiger partial charge on any atom is 0.211 e. The zero-order valence-corrected chi connectivity index (χ0v) is 20.2. The summed E-state index contributed by atoms with van der Waals surface area (Å²) < 4.78 is 43.5. The molecule has 1 N–H and O–H groups in total. The van der Waals surface area contributed by atoms with Gasteiger partial charge in [-0.25, -0.2) is 12.7 Å². The number of hydrogen-bond acceptors (Lipinski definition) is 6. The van der Waals surface area contributed by atoms with Crippen LogP contribution in [-0.4, -0.2) is 69.2 Å². The van der Waals surface area contributed by atoms with Crippen molar-refractivity contribution in [1.82, 2.24) is 4.31 Å². The second-order valence-corrected chi connectivity index (χ2v) is 10.8. The van der Waals surface area contributed by atoms with Crippen molar-refractivity contribution in [3.05, 3.63) is 23.8 Å². The third kappa shape index (κ3) is 8.60. The molecule has 31 heavy (non-hydrogen) atoms. The third-order valence-electron chi connectivity index (χ3n) is 5.44. The van der Waals surface area contributed by atoms with Gasteiger partial charge in [-0.15, -0.1) is 0 Å². The van der Waals surface area contributed by atoms with E-state index >= 15 is 0 Å². The van der Waals surface area contributed by atoms with Crippen molar-refractivity contribution in [2.45, 2.75) is 64.4 Å². The fourth-order valence-corrected chi connectivity index (χ4v) is 4.81. The van der Waals surface area contributed by atoms with E-state index in [4.69, 9.17) is 19.3 Å². The number of hydrogen-bond donors (Lipinski definition) is 1. The Morgan fingerprint density at radius 1 is 1.19 bits per heavy atom. The maximum absolute atomic E-state index is 12.3. The van der Waals surface area contributed by atoms with Crippen LogP contribution in [0.5, 0.6) is 11.5 Å². The van der Waals surface area contributed by atoms with Crippen molar-refractivity contribution < 1.29 is 27.7 Å². The van der Waals surface area contributed by atoms with E-state index in [1.807, 2.05) is 12.1 Å². The van der Waals surface area contributed by atoms with Gasteiger partial charge in [0.05, 0.1) is 26.1 Å². The minimum absolute atomic E-state index is 0.0289. The van der Waals surface area contributed by atoms with Gasteiger partial charge in [0.2, 0.25) is 10.0 Å². The Morgan fingerprint density at radius 3 is 2.65 bits per heavy atom. The predicted molar refractivity (Wildman–Crippen MR) is 122 cm³/mol. The van der Waals surface area contributed by atoms with E-state index in [9.17, 15) is 8.42 Å². The van der Waals surface area contributed by atoms with Gasteiger partial charge in [0.1, 0.15) is 17.1 Å². The van der Waals surface area contributed by atoms with Crippen LogP contribution in [0.25, 0.3) is 0 Å². The summed E-state index contributed by atoms with van der Waals surface area (Å²) in [6, 6.07) is 5.97. The summed E-state index contributed by atoms with van der Waals surface area (Å²) in [5.74, 6) is 1.87. The third-order valence-corrected chi connectivity index (χ3v) is 6.74. The number of nitrogens with zero attached hydrogens (tertiary/aromatic N) is 1. The van der Waals surface area contributed by atoms with Gasteiger partial charge in [0.15, 0.2) is 0 Å². The van der Waals surface area contributed by atoms with Crippen molar-refractivity contribution >= 4 is 10.0 Å². The van der Waals surface area contributed by atoms with E-state index in [1.165, 1.54) is 10.6 Å². The summed E-state index contributed by atoms with van der Waals surface area (Å²) in [5, 5.41) is 8.78. The Bertz CT molecular complexity index is 780. The van der Waals surface area contributed by atoms with Crippen molar-refractivity contribution in [2.24, 2.45) is 0 Å². The number of unbranched alkanes of at least 4 members (excludes halogenated alkanes) is 1. The first-order valence-corrected chi connectivity index (χ1v) is 13.1. The van der Waals surface area contributed by atoms with Crippen LogP contribution in [0.2, 0.25) is 0 Å². The molecule has 1 aromatic carbocycles. The molecule has 0 aromatic heterocycles. The Hall–Kier alpha value is -1.35. The summed E-state index contributed by atoms with van der Waals surface area (Å²) in [4.78, 5) is 0. The average molecular weight is 458 g/mol.